The summed E-state index contributed by atoms with van der Waals surface area (Å²) in [6.45, 7) is 10.2. The van der Waals surface area contributed by atoms with E-state index < -0.39 is 60.3 Å². The first-order valence-corrected chi connectivity index (χ1v) is 19.5. The monoisotopic (exact) mass is 865 g/mol. The molecular formula is C43H48BF12NO3. The summed E-state index contributed by atoms with van der Waals surface area (Å²) in [6.07, 6.45) is -12.5. The Morgan fingerprint density at radius 1 is 0.500 bits per heavy atom. The van der Waals surface area contributed by atoms with E-state index in [-0.39, 0.29) is 22.8 Å². The van der Waals surface area contributed by atoms with Gasteiger partial charge in [-0.2, -0.15) is 83.0 Å². The van der Waals surface area contributed by atoms with Crippen molar-refractivity contribution in [2.24, 2.45) is 0 Å². The lowest BCUT2D eigenvalue weighted by Crippen LogP contribution is -2.52. The highest BCUT2D eigenvalue weighted by atomic mass is 19.4. The molecule has 0 spiro atoms. The largest absolute Gasteiger partial charge is 0.864 e. The lowest BCUT2D eigenvalue weighted by atomic mass is 9.94. The molecule has 330 valence electrons. The molecule has 4 aromatic carbocycles. The van der Waals surface area contributed by atoms with Gasteiger partial charge >= 0.3 is 32.0 Å². The van der Waals surface area contributed by atoms with Crippen LogP contribution in [0.5, 0.6) is 17.2 Å². The van der Waals surface area contributed by atoms with Gasteiger partial charge in [-0.1, -0.05) is 52.5 Å². The predicted octanol–water partition coefficient (Wildman–Crippen LogP) is 14.4. The van der Waals surface area contributed by atoms with Crippen LogP contribution in [0.4, 0.5) is 52.7 Å². The maximum absolute atomic E-state index is 14.2. The number of nitrogens with zero attached hydrogens (tertiary/aromatic N) is 1. The molecule has 0 saturated heterocycles. The van der Waals surface area contributed by atoms with Crippen molar-refractivity contribution in [3.63, 3.8) is 0 Å². The summed E-state index contributed by atoms with van der Waals surface area (Å²) in [4.78, 5) is 0. The Bertz CT molecular complexity index is 1770. The Kier molecular flexibility index (Phi) is 18.1. The minimum Gasteiger partial charge on any atom is -0.490 e. The zero-order chi connectivity index (χ0) is 44.8. The van der Waals surface area contributed by atoms with Gasteiger partial charge in [0.05, 0.1) is 41.9 Å². The van der Waals surface area contributed by atoms with Crippen LogP contribution in [0.3, 0.4) is 0 Å². The molecule has 4 nitrogen and oxygen atoms in total. The molecule has 0 fully saturated rings. The SMILES string of the molecule is CCCC[N+](CCCC)(CCCC)C(CC)c1cc(C(F)(F)F)ccc1OB(Oc1ccc(C(F)(F)F)cc1)Oc1ccc(C(F)(F)F)cc1.FC(F)(F)c1cc[c-]cc1. The van der Waals surface area contributed by atoms with Gasteiger partial charge < -0.3 is 18.4 Å². The van der Waals surface area contributed by atoms with Crippen molar-refractivity contribution < 1.29 is 71.1 Å². The number of alkyl halides is 12. The molecule has 17 heteroatoms. The molecule has 0 radical (unpaired) electrons. The average molecular weight is 866 g/mol. The van der Waals surface area contributed by atoms with Crippen LogP contribution in [0.2, 0.25) is 0 Å². The third kappa shape index (κ3) is 14.9. The van der Waals surface area contributed by atoms with Crippen LogP contribution in [0.1, 0.15) is 106 Å². The maximum atomic E-state index is 14.2. The molecule has 1 atom stereocenters. The van der Waals surface area contributed by atoms with Crippen LogP contribution >= 0.6 is 0 Å². The van der Waals surface area contributed by atoms with Crippen molar-refractivity contribution >= 4 is 7.32 Å². The molecule has 0 aliphatic rings. The number of rotatable bonds is 18. The Morgan fingerprint density at radius 2 is 0.867 bits per heavy atom. The minimum atomic E-state index is -4.68. The third-order valence-electron chi connectivity index (χ3n) is 9.71. The van der Waals surface area contributed by atoms with Crippen LogP contribution in [-0.4, -0.2) is 31.4 Å². The van der Waals surface area contributed by atoms with Gasteiger partial charge in [0.25, 0.3) is 0 Å². The quantitative estimate of drug-likeness (QED) is 0.0432. The van der Waals surface area contributed by atoms with Crippen molar-refractivity contribution in [3.05, 3.63) is 125 Å². The van der Waals surface area contributed by atoms with E-state index in [2.05, 4.69) is 26.8 Å². The molecule has 0 aromatic heterocycles. The predicted molar refractivity (Wildman–Crippen MR) is 205 cm³/mol. The first-order valence-electron chi connectivity index (χ1n) is 19.5. The number of halogens is 12. The topological polar surface area (TPSA) is 27.7 Å². The normalized spacial score (nSPS) is 12.9. The molecule has 0 amide bonds. The third-order valence-corrected chi connectivity index (χ3v) is 9.71. The van der Waals surface area contributed by atoms with Crippen LogP contribution < -0.4 is 14.0 Å². The van der Waals surface area contributed by atoms with E-state index in [1.54, 1.807) is 0 Å². The summed E-state index contributed by atoms with van der Waals surface area (Å²) in [5, 5.41) is 0. The molecular weight excluding hydrogens is 817 g/mol. The van der Waals surface area contributed by atoms with Crippen molar-refractivity contribution in [3.8, 4) is 17.2 Å². The van der Waals surface area contributed by atoms with Crippen molar-refractivity contribution in [1.82, 2.24) is 0 Å². The number of benzene rings is 4. The van der Waals surface area contributed by atoms with Gasteiger partial charge in [-0.25, -0.2) is 0 Å². The second-order valence-corrected chi connectivity index (χ2v) is 14.1. The smallest absolute Gasteiger partial charge is 0.490 e. The molecule has 60 heavy (non-hydrogen) atoms. The van der Waals surface area contributed by atoms with E-state index in [9.17, 15) is 52.7 Å². The standard InChI is InChI=1S/C36H44BF9NO3.C7H4F3/c1-5-9-22-47(23-10-6-2,24-11-7-3)32(8-4)31-25-28(36(44,45)46)16-21-33(31)50-37(48-29-17-12-26(13-18-29)34(38,39)40)49-30-19-14-27(15-20-30)35(41,42)43;8-7(9,10)6-4-2-1-3-5-6/h12-21,25,32H,5-11,22-24H2,1-4H3;2-5H/q+1;-1. The summed E-state index contributed by atoms with van der Waals surface area (Å²) in [7, 11) is -1.82. The van der Waals surface area contributed by atoms with Crippen LogP contribution in [0, 0.1) is 6.07 Å². The van der Waals surface area contributed by atoms with Gasteiger partial charge in [0, 0.05) is 6.42 Å². The molecule has 0 N–H and O–H groups in total. The van der Waals surface area contributed by atoms with Crippen molar-refractivity contribution in [1.29, 1.82) is 0 Å². The molecule has 4 rings (SSSR count). The number of quaternary nitrogens is 1. The lowest BCUT2D eigenvalue weighted by Gasteiger charge is -2.46. The molecule has 1 unspecified atom stereocenters. The van der Waals surface area contributed by atoms with Gasteiger partial charge in [-0.3, -0.25) is 0 Å². The highest BCUT2D eigenvalue weighted by Crippen LogP contribution is 2.42. The van der Waals surface area contributed by atoms with E-state index in [4.69, 9.17) is 14.0 Å². The van der Waals surface area contributed by atoms with Crippen LogP contribution in [0.15, 0.2) is 91.0 Å². The summed E-state index contributed by atoms with van der Waals surface area (Å²) < 4.78 is 175. The van der Waals surface area contributed by atoms with Crippen molar-refractivity contribution in [2.75, 3.05) is 19.6 Å². The fourth-order valence-electron chi connectivity index (χ4n) is 6.64. The fraction of sp³-hybridized carbons (Fsp3) is 0.442. The van der Waals surface area contributed by atoms with Crippen LogP contribution in [-0.2, 0) is 24.7 Å². The van der Waals surface area contributed by atoms with E-state index >= 15 is 0 Å². The summed E-state index contributed by atoms with van der Waals surface area (Å²) >= 11 is 0. The lowest BCUT2D eigenvalue weighted by molar-refractivity contribution is -0.958. The Balaban J connectivity index is 0.000000837. The molecule has 0 bridgehead atoms. The Labute approximate surface area is 343 Å². The zero-order valence-corrected chi connectivity index (χ0v) is 33.6. The van der Waals surface area contributed by atoms with Gasteiger partial charge in [-0.05, 0) is 86.0 Å². The molecule has 4 aromatic rings. The van der Waals surface area contributed by atoms with E-state index in [1.807, 2.05) is 6.92 Å². The van der Waals surface area contributed by atoms with Gasteiger partial charge in [0.15, 0.2) is 0 Å². The second-order valence-electron chi connectivity index (χ2n) is 14.1. The highest BCUT2D eigenvalue weighted by Gasteiger charge is 2.42. The number of unbranched alkanes of at least 4 members (excludes halogenated alkanes) is 3. The summed E-state index contributed by atoms with van der Waals surface area (Å²) in [5.74, 6) is -0.301. The molecule has 0 heterocycles. The first kappa shape index (κ1) is 49.8. The van der Waals surface area contributed by atoms with E-state index in [0.717, 1.165) is 137 Å². The second kappa shape index (κ2) is 21.8. The van der Waals surface area contributed by atoms with E-state index in [0.29, 0.717) is 10.9 Å². The first-order chi connectivity index (χ1) is 28.1. The van der Waals surface area contributed by atoms with Crippen molar-refractivity contribution in [2.45, 2.75) is 103 Å². The molecule has 0 aliphatic carbocycles. The molecule has 0 aliphatic heterocycles. The zero-order valence-electron chi connectivity index (χ0n) is 33.6. The summed E-state index contributed by atoms with van der Waals surface area (Å²) in [6, 6.07) is 16.7. The molecule has 0 saturated carbocycles. The Morgan fingerprint density at radius 3 is 1.20 bits per heavy atom. The minimum absolute atomic E-state index is 0.0133. The summed E-state index contributed by atoms with van der Waals surface area (Å²) in [5.41, 5.74) is -3.18. The number of hydrogen-bond donors (Lipinski definition) is 0. The van der Waals surface area contributed by atoms with Gasteiger partial charge in [-0.15, -0.1) is 0 Å². The van der Waals surface area contributed by atoms with Crippen LogP contribution in [0.25, 0.3) is 0 Å². The Hall–Kier alpha value is -4.54. The fourth-order valence-corrected chi connectivity index (χ4v) is 6.64. The van der Waals surface area contributed by atoms with Gasteiger partial charge in [0.1, 0.15) is 23.3 Å². The van der Waals surface area contributed by atoms with E-state index in [1.165, 1.54) is 12.1 Å². The van der Waals surface area contributed by atoms with Gasteiger partial charge in [0.2, 0.25) is 0 Å². The highest BCUT2D eigenvalue weighted by molar-refractivity contribution is 6.39. The maximum Gasteiger partial charge on any atom is 0.864 e. The number of hydrogen-bond acceptors (Lipinski definition) is 3. The average Bonchev–Trinajstić information content (AvgIpc) is 3.18.